The van der Waals surface area contributed by atoms with Crippen LogP contribution in [0.5, 0.6) is 0 Å². The highest BCUT2D eigenvalue weighted by Gasteiger charge is 2.25. The van der Waals surface area contributed by atoms with E-state index < -0.39 is 19.9 Å². The molecule has 0 rings (SSSR count). The Hall–Kier alpha value is -1.18. The minimum atomic E-state index is -4.24. The highest BCUT2D eigenvalue weighted by atomic mass is 31.2. The number of nitrogens with two attached hydrogens (primary N) is 1. The Balaban J connectivity index is 4.47. The van der Waals surface area contributed by atoms with Crippen LogP contribution >= 0.6 is 7.82 Å². The molecule has 0 aliphatic carbocycles. The first-order valence-electron chi connectivity index (χ1n) is 8.38. The molecule has 0 fully saturated rings. The van der Waals surface area contributed by atoms with Crippen LogP contribution in [0.25, 0.3) is 0 Å². The molecule has 0 aromatic carbocycles. The fourth-order valence-corrected chi connectivity index (χ4v) is 2.32. The Labute approximate surface area is 149 Å². The van der Waals surface area contributed by atoms with Gasteiger partial charge in [-0.15, -0.1) is 0 Å². The zero-order valence-corrected chi connectivity index (χ0v) is 15.9. The fourth-order valence-electron chi connectivity index (χ4n) is 1.56. The van der Waals surface area contributed by atoms with E-state index in [1.54, 1.807) is 6.08 Å². The van der Waals surface area contributed by atoms with Crippen LogP contribution in [-0.4, -0.2) is 43.3 Å². The highest BCUT2D eigenvalue weighted by Crippen LogP contribution is 2.43. The Morgan fingerprint density at radius 2 is 1.88 bits per heavy atom. The monoisotopic (exact) mass is 379 g/mol. The third-order valence-electron chi connectivity index (χ3n) is 2.72. The molecule has 0 aliphatic rings. The number of hydrogen-bond donors (Lipinski definition) is 2. The average Bonchev–Trinajstić information content (AvgIpc) is 2.58. The summed E-state index contributed by atoms with van der Waals surface area (Å²) in [6.07, 6.45) is 8.77. The van der Waals surface area contributed by atoms with E-state index in [9.17, 15) is 14.3 Å². The average molecular weight is 379 g/mol. The molecule has 3 N–H and O–H groups in total. The van der Waals surface area contributed by atoms with E-state index in [0.717, 1.165) is 12.8 Å². The molecule has 0 aromatic heterocycles. The molecule has 0 spiro atoms. The molecule has 0 radical (unpaired) electrons. The van der Waals surface area contributed by atoms with E-state index in [-0.39, 0.29) is 32.8 Å². The number of esters is 1. The first-order chi connectivity index (χ1) is 11.9. The third kappa shape index (κ3) is 14.8. The number of phosphoric acid groups is 1. The van der Waals surface area contributed by atoms with Gasteiger partial charge in [0, 0.05) is 13.0 Å². The maximum Gasteiger partial charge on any atom is 0.472 e. The fraction of sp³-hybridized carbons (Fsp3) is 0.688. The van der Waals surface area contributed by atoms with E-state index in [1.165, 1.54) is 6.26 Å². The molecule has 2 unspecified atom stereocenters. The number of allylic oxidation sites excluding steroid dienone is 3. The normalized spacial score (nSPS) is 15.4. The van der Waals surface area contributed by atoms with Crippen molar-refractivity contribution in [2.24, 2.45) is 5.73 Å². The van der Waals surface area contributed by atoms with Gasteiger partial charge in [0.25, 0.3) is 0 Å². The van der Waals surface area contributed by atoms with Crippen LogP contribution in [0.2, 0.25) is 0 Å². The van der Waals surface area contributed by atoms with Crippen molar-refractivity contribution in [1.29, 1.82) is 0 Å². The van der Waals surface area contributed by atoms with Gasteiger partial charge < -0.3 is 20.1 Å². The molecule has 2 atom stereocenters. The summed E-state index contributed by atoms with van der Waals surface area (Å²) in [6.45, 7) is 3.60. The Morgan fingerprint density at radius 1 is 1.16 bits per heavy atom. The second-order valence-corrected chi connectivity index (χ2v) is 6.48. The van der Waals surface area contributed by atoms with Gasteiger partial charge in [-0.05, 0) is 19.3 Å². The van der Waals surface area contributed by atoms with Crippen LogP contribution in [-0.2, 0) is 27.9 Å². The molecule has 8 nitrogen and oxygen atoms in total. The number of ether oxygens (including phenoxy) is 2. The number of phosphoric ester groups is 1. The molecule has 0 saturated carbocycles. The van der Waals surface area contributed by atoms with Crippen molar-refractivity contribution >= 4 is 13.8 Å². The standard InChI is InChI=1S/C16H30NO7P/c1-3-5-7-8-9-16(18)24-15(13-21-11-6-4-2)14-23-25(19,20)22-12-10-17/h5-7,11,15H,3-4,8-10,12-14,17H2,1-2H3,(H,19,20). The lowest BCUT2D eigenvalue weighted by Gasteiger charge is -2.19. The highest BCUT2D eigenvalue weighted by molar-refractivity contribution is 7.47. The van der Waals surface area contributed by atoms with Crippen molar-refractivity contribution in [3.05, 3.63) is 24.5 Å². The molecule has 0 amide bonds. The predicted octanol–water partition coefficient (Wildman–Crippen LogP) is 2.68. The van der Waals surface area contributed by atoms with Crippen molar-refractivity contribution in [2.75, 3.05) is 26.4 Å². The van der Waals surface area contributed by atoms with E-state index in [1.807, 2.05) is 26.0 Å². The van der Waals surface area contributed by atoms with Crippen LogP contribution < -0.4 is 5.73 Å². The summed E-state index contributed by atoms with van der Waals surface area (Å²) in [7, 11) is -4.24. The molecule has 25 heavy (non-hydrogen) atoms. The topological polar surface area (TPSA) is 117 Å². The summed E-state index contributed by atoms with van der Waals surface area (Å²) < 4.78 is 31.6. The molecule has 0 bridgehead atoms. The van der Waals surface area contributed by atoms with E-state index in [0.29, 0.717) is 6.42 Å². The molecule has 146 valence electrons. The van der Waals surface area contributed by atoms with Crippen molar-refractivity contribution in [3.63, 3.8) is 0 Å². The minimum Gasteiger partial charge on any atom is -0.498 e. The number of carbonyl (C=O) groups is 1. The second kappa shape index (κ2) is 15.1. The van der Waals surface area contributed by atoms with Crippen LogP contribution in [0.1, 0.15) is 39.5 Å². The van der Waals surface area contributed by atoms with Gasteiger partial charge >= 0.3 is 13.8 Å². The largest absolute Gasteiger partial charge is 0.498 e. The molecule has 0 aliphatic heterocycles. The lowest BCUT2D eigenvalue weighted by molar-refractivity contribution is -0.153. The lowest BCUT2D eigenvalue weighted by atomic mass is 10.2. The number of carbonyl (C=O) groups excluding carboxylic acids is 1. The summed E-state index contributed by atoms with van der Waals surface area (Å²) in [5.74, 6) is -0.437. The number of rotatable bonds is 15. The van der Waals surface area contributed by atoms with Crippen LogP contribution in [0.3, 0.4) is 0 Å². The van der Waals surface area contributed by atoms with Gasteiger partial charge in [0.1, 0.15) is 6.61 Å². The molecular weight excluding hydrogens is 349 g/mol. The number of hydrogen-bond acceptors (Lipinski definition) is 7. The van der Waals surface area contributed by atoms with Gasteiger partial charge in [-0.2, -0.15) is 0 Å². The molecule has 0 heterocycles. The zero-order chi connectivity index (χ0) is 19.0. The van der Waals surface area contributed by atoms with Crippen molar-refractivity contribution in [3.8, 4) is 0 Å². The first-order valence-corrected chi connectivity index (χ1v) is 9.87. The van der Waals surface area contributed by atoms with Crippen molar-refractivity contribution in [1.82, 2.24) is 0 Å². The maximum absolute atomic E-state index is 11.8. The lowest BCUT2D eigenvalue weighted by Crippen LogP contribution is -2.27. The van der Waals surface area contributed by atoms with Crippen molar-refractivity contribution < 1.29 is 32.8 Å². The molecule has 0 saturated heterocycles. The van der Waals surface area contributed by atoms with Gasteiger partial charge in [0.15, 0.2) is 6.10 Å². The molecular formula is C16H30NO7P. The maximum atomic E-state index is 11.8. The molecule has 9 heteroatoms. The zero-order valence-electron chi connectivity index (χ0n) is 15.0. The van der Waals surface area contributed by atoms with Gasteiger partial charge in [-0.3, -0.25) is 13.8 Å². The summed E-state index contributed by atoms with van der Waals surface area (Å²) in [5, 5.41) is 0. The first kappa shape index (κ1) is 23.8. The summed E-state index contributed by atoms with van der Waals surface area (Å²) >= 11 is 0. The Bertz CT molecular complexity index is 454. The third-order valence-corrected chi connectivity index (χ3v) is 3.71. The quantitative estimate of drug-likeness (QED) is 0.193. The Morgan fingerprint density at radius 3 is 2.52 bits per heavy atom. The van der Waals surface area contributed by atoms with E-state index in [4.69, 9.17) is 19.7 Å². The van der Waals surface area contributed by atoms with Gasteiger partial charge in [-0.1, -0.05) is 32.1 Å². The summed E-state index contributed by atoms with van der Waals surface area (Å²) in [5.41, 5.74) is 5.20. The van der Waals surface area contributed by atoms with Gasteiger partial charge in [-0.25, -0.2) is 4.57 Å². The van der Waals surface area contributed by atoms with E-state index >= 15 is 0 Å². The van der Waals surface area contributed by atoms with Crippen molar-refractivity contribution in [2.45, 2.75) is 45.6 Å². The van der Waals surface area contributed by atoms with Crippen LogP contribution in [0, 0.1) is 0 Å². The van der Waals surface area contributed by atoms with Crippen LogP contribution in [0.4, 0.5) is 0 Å². The minimum absolute atomic E-state index is 0.00390. The molecule has 0 aromatic rings. The van der Waals surface area contributed by atoms with Gasteiger partial charge in [0.05, 0.1) is 19.5 Å². The predicted molar refractivity (Wildman–Crippen MR) is 94.7 cm³/mol. The SMILES string of the molecule is CCC=CCCC(=O)OC(COC=CCC)COP(=O)(O)OCCN. The second-order valence-electron chi connectivity index (χ2n) is 5.03. The Kier molecular flexibility index (Phi) is 14.4. The smallest absolute Gasteiger partial charge is 0.472 e. The van der Waals surface area contributed by atoms with Gasteiger partial charge in [0.2, 0.25) is 0 Å². The van der Waals surface area contributed by atoms with Crippen LogP contribution in [0.15, 0.2) is 24.5 Å². The summed E-state index contributed by atoms with van der Waals surface area (Å²) in [6, 6.07) is 0. The summed E-state index contributed by atoms with van der Waals surface area (Å²) in [4.78, 5) is 21.3. The van der Waals surface area contributed by atoms with E-state index in [2.05, 4.69) is 4.52 Å².